The summed E-state index contributed by atoms with van der Waals surface area (Å²) in [6.07, 6.45) is 1.58. The van der Waals surface area contributed by atoms with Crippen molar-refractivity contribution in [1.29, 1.82) is 0 Å². The van der Waals surface area contributed by atoms with Gasteiger partial charge in [0.25, 0.3) is 10.0 Å². The van der Waals surface area contributed by atoms with Gasteiger partial charge in [-0.05, 0) is 42.5 Å². The Balaban J connectivity index is 2.01. The van der Waals surface area contributed by atoms with Gasteiger partial charge in [0.1, 0.15) is 0 Å². The van der Waals surface area contributed by atoms with E-state index in [-0.39, 0.29) is 10.5 Å². The molecule has 1 aromatic heterocycles. The molecule has 3 aromatic rings. The van der Waals surface area contributed by atoms with E-state index in [1.54, 1.807) is 24.4 Å². The molecule has 24 heavy (non-hydrogen) atoms. The molecule has 6 nitrogen and oxygen atoms in total. The third kappa shape index (κ3) is 3.10. The highest BCUT2D eigenvalue weighted by Gasteiger charge is 2.17. The molecule has 8 heteroatoms. The molecule has 0 aliphatic carbocycles. The third-order valence-electron chi connectivity index (χ3n) is 3.37. The number of carboxylic acids is 1. The maximum absolute atomic E-state index is 12.5. The maximum atomic E-state index is 12.5. The van der Waals surface area contributed by atoms with Gasteiger partial charge < -0.3 is 5.11 Å². The summed E-state index contributed by atoms with van der Waals surface area (Å²) >= 11 is 3.40. The lowest BCUT2D eigenvalue weighted by atomic mass is 10.2. The number of pyridine rings is 1. The smallest absolute Gasteiger partial charge is 0.335 e. The molecule has 122 valence electrons. The number of benzene rings is 2. The highest BCUT2D eigenvalue weighted by Crippen LogP contribution is 2.29. The van der Waals surface area contributed by atoms with E-state index < -0.39 is 16.0 Å². The van der Waals surface area contributed by atoms with Crippen molar-refractivity contribution in [2.24, 2.45) is 0 Å². The van der Waals surface area contributed by atoms with E-state index in [0.29, 0.717) is 11.2 Å². The third-order valence-corrected chi connectivity index (χ3v) is 5.45. The number of rotatable bonds is 4. The van der Waals surface area contributed by atoms with Crippen LogP contribution >= 0.6 is 15.9 Å². The Morgan fingerprint density at radius 3 is 2.46 bits per heavy atom. The van der Waals surface area contributed by atoms with Crippen LogP contribution in [0.1, 0.15) is 10.4 Å². The summed E-state index contributed by atoms with van der Waals surface area (Å²) in [5.74, 6) is -1.12. The number of sulfonamides is 1. The van der Waals surface area contributed by atoms with Crippen molar-refractivity contribution in [3.8, 4) is 0 Å². The molecule has 0 bridgehead atoms. The predicted molar refractivity (Wildman–Crippen MR) is 93.7 cm³/mol. The number of anilines is 1. The number of carbonyl (C=O) groups is 1. The fourth-order valence-electron chi connectivity index (χ4n) is 2.20. The minimum Gasteiger partial charge on any atom is -0.478 e. The number of nitrogens with one attached hydrogen (secondary N) is 1. The summed E-state index contributed by atoms with van der Waals surface area (Å²) in [5.41, 5.74) is 0.874. The van der Waals surface area contributed by atoms with Gasteiger partial charge in [-0.25, -0.2) is 13.2 Å². The number of carboxylic acid groups (broad SMARTS) is 1. The van der Waals surface area contributed by atoms with E-state index in [4.69, 9.17) is 5.11 Å². The molecule has 0 saturated carbocycles. The van der Waals surface area contributed by atoms with Gasteiger partial charge in [0, 0.05) is 16.1 Å². The van der Waals surface area contributed by atoms with Crippen molar-refractivity contribution in [3.05, 3.63) is 64.8 Å². The first-order valence-corrected chi connectivity index (χ1v) is 9.05. The Labute approximate surface area is 146 Å². The Kier molecular flexibility index (Phi) is 4.25. The van der Waals surface area contributed by atoms with Gasteiger partial charge in [-0.1, -0.05) is 22.0 Å². The molecule has 3 rings (SSSR count). The Morgan fingerprint density at radius 2 is 1.79 bits per heavy atom. The summed E-state index contributed by atoms with van der Waals surface area (Å²) in [6, 6.07) is 11.9. The molecule has 0 radical (unpaired) electrons. The first kappa shape index (κ1) is 16.4. The number of halogens is 1. The molecule has 0 spiro atoms. The van der Waals surface area contributed by atoms with Gasteiger partial charge in [0.05, 0.1) is 21.7 Å². The summed E-state index contributed by atoms with van der Waals surface area (Å²) in [6.45, 7) is 0. The van der Waals surface area contributed by atoms with Gasteiger partial charge in [0.15, 0.2) is 0 Å². The Hall–Kier alpha value is -2.45. The van der Waals surface area contributed by atoms with Crippen LogP contribution in [0, 0.1) is 0 Å². The molecule has 0 saturated heterocycles. The zero-order valence-electron chi connectivity index (χ0n) is 12.1. The number of fused-ring (bicyclic) bond motifs is 1. The standard InChI is InChI=1S/C16H11BrN2O4S/c17-13-7-8-14(15-12(13)2-1-9-18-15)19-24(22,23)11-5-3-10(4-6-11)16(20)21/h1-9,19H,(H,20,21). The van der Waals surface area contributed by atoms with E-state index >= 15 is 0 Å². The van der Waals surface area contributed by atoms with E-state index in [1.165, 1.54) is 24.3 Å². The van der Waals surface area contributed by atoms with Crippen molar-refractivity contribution < 1.29 is 18.3 Å². The average molecular weight is 407 g/mol. The second-order valence-electron chi connectivity index (χ2n) is 4.93. The zero-order valence-corrected chi connectivity index (χ0v) is 14.5. The molecule has 0 unspecified atom stereocenters. The van der Waals surface area contributed by atoms with Crippen LogP contribution in [-0.2, 0) is 10.0 Å². The number of nitrogens with zero attached hydrogens (tertiary/aromatic N) is 1. The van der Waals surface area contributed by atoms with Crippen LogP contribution < -0.4 is 4.72 Å². The lowest BCUT2D eigenvalue weighted by molar-refractivity contribution is 0.0696. The monoisotopic (exact) mass is 406 g/mol. The average Bonchev–Trinajstić information content (AvgIpc) is 2.58. The number of aromatic carboxylic acids is 1. The highest BCUT2D eigenvalue weighted by molar-refractivity contribution is 9.10. The molecular formula is C16H11BrN2O4S. The van der Waals surface area contributed by atoms with E-state index in [9.17, 15) is 13.2 Å². The van der Waals surface area contributed by atoms with Crippen LogP contribution in [0.25, 0.3) is 10.9 Å². The van der Waals surface area contributed by atoms with Crippen LogP contribution in [0.4, 0.5) is 5.69 Å². The van der Waals surface area contributed by atoms with Crippen LogP contribution in [0.5, 0.6) is 0 Å². The lowest BCUT2D eigenvalue weighted by Gasteiger charge is -2.11. The van der Waals surface area contributed by atoms with Crippen LogP contribution in [0.15, 0.2) is 64.1 Å². The second kappa shape index (κ2) is 6.21. The molecule has 2 aromatic carbocycles. The van der Waals surface area contributed by atoms with Crippen LogP contribution in [0.2, 0.25) is 0 Å². The second-order valence-corrected chi connectivity index (χ2v) is 7.47. The maximum Gasteiger partial charge on any atom is 0.335 e. The first-order chi connectivity index (χ1) is 11.4. The number of aromatic nitrogens is 1. The molecule has 0 aliphatic heterocycles. The summed E-state index contributed by atoms with van der Waals surface area (Å²) in [4.78, 5) is 15.0. The molecular weight excluding hydrogens is 396 g/mol. The lowest BCUT2D eigenvalue weighted by Crippen LogP contribution is -2.13. The van der Waals surface area contributed by atoms with Crippen LogP contribution in [-0.4, -0.2) is 24.5 Å². The van der Waals surface area contributed by atoms with Crippen molar-refractivity contribution in [2.45, 2.75) is 4.90 Å². The zero-order chi connectivity index (χ0) is 17.3. The normalized spacial score (nSPS) is 11.4. The number of hydrogen-bond acceptors (Lipinski definition) is 4. The van der Waals surface area contributed by atoms with Gasteiger partial charge in [-0.3, -0.25) is 9.71 Å². The topological polar surface area (TPSA) is 96.4 Å². The van der Waals surface area contributed by atoms with Crippen LogP contribution in [0.3, 0.4) is 0 Å². The molecule has 2 N–H and O–H groups in total. The Bertz CT molecular complexity index is 1030. The minimum atomic E-state index is -3.86. The molecule has 0 atom stereocenters. The molecule has 1 heterocycles. The van der Waals surface area contributed by atoms with E-state index in [1.807, 2.05) is 6.07 Å². The minimum absolute atomic E-state index is 0.0182. The van der Waals surface area contributed by atoms with Gasteiger partial charge in [0.2, 0.25) is 0 Å². The molecule has 0 aliphatic rings. The summed E-state index contributed by atoms with van der Waals surface area (Å²) in [5, 5.41) is 9.66. The molecule has 0 amide bonds. The SMILES string of the molecule is O=C(O)c1ccc(S(=O)(=O)Nc2ccc(Br)c3cccnc23)cc1. The van der Waals surface area contributed by atoms with Crippen molar-refractivity contribution >= 4 is 48.5 Å². The Morgan fingerprint density at radius 1 is 1.08 bits per heavy atom. The van der Waals surface area contributed by atoms with Crippen molar-refractivity contribution in [2.75, 3.05) is 4.72 Å². The fraction of sp³-hybridized carbons (Fsp3) is 0. The molecule has 0 fully saturated rings. The van der Waals surface area contributed by atoms with Gasteiger partial charge in [-0.15, -0.1) is 0 Å². The fourth-order valence-corrected chi connectivity index (χ4v) is 3.72. The predicted octanol–water partition coefficient (Wildman–Crippen LogP) is 3.50. The largest absolute Gasteiger partial charge is 0.478 e. The van der Waals surface area contributed by atoms with Crippen molar-refractivity contribution in [3.63, 3.8) is 0 Å². The summed E-state index contributed by atoms with van der Waals surface area (Å²) in [7, 11) is -3.86. The van der Waals surface area contributed by atoms with E-state index in [0.717, 1.165) is 9.86 Å². The highest BCUT2D eigenvalue weighted by atomic mass is 79.9. The van der Waals surface area contributed by atoms with E-state index in [2.05, 4.69) is 25.6 Å². The van der Waals surface area contributed by atoms with Gasteiger partial charge >= 0.3 is 5.97 Å². The van der Waals surface area contributed by atoms with Gasteiger partial charge in [-0.2, -0.15) is 0 Å². The number of hydrogen-bond donors (Lipinski definition) is 2. The van der Waals surface area contributed by atoms with Crippen molar-refractivity contribution in [1.82, 2.24) is 4.98 Å². The summed E-state index contributed by atoms with van der Waals surface area (Å²) < 4.78 is 28.3. The first-order valence-electron chi connectivity index (χ1n) is 6.78. The quantitative estimate of drug-likeness (QED) is 0.690.